The molecule has 0 aliphatic carbocycles. The van der Waals surface area contributed by atoms with Crippen molar-refractivity contribution in [3.05, 3.63) is 99.9 Å². The third kappa shape index (κ3) is 3.70. The zero-order chi connectivity index (χ0) is 20.4. The van der Waals surface area contributed by atoms with Gasteiger partial charge in [0, 0.05) is 35.0 Å². The molecule has 0 aliphatic heterocycles. The molecule has 0 radical (unpaired) electrons. The summed E-state index contributed by atoms with van der Waals surface area (Å²) < 4.78 is 0. The molecule has 0 saturated carbocycles. The van der Waals surface area contributed by atoms with Crippen LogP contribution in [0.3, 0.4) is 0 Å². The third-order valence-electron chi connectivity index (χ3n) is 4.71. The first-order chi connectivity index (χ1) is 14.0. The van der Waals surface area contributed by atoms with E-state index in [-0.39, 0.29) is 11.4 Å². The van der Waals surface area contributed by atoms with E-state index in [0.717, 1.165) is 16.6 Å². The Kier molecular flexibility index (Phi) is 4.78. The summed E-state index contributed by atoms with van der Waals surface area (Å²) in [6.07, 6.45) is 1.67. The van der Waals surface area contributed by atoms with Crippen LogP contribution in [0.2, 0.25) is 0 Å². The minimum absolute atomic E-state index is 0.00496. The number of aromatic hydroxyl groups is 1. The fourth-order valence-corrected chi connectivity index (χ4v) is 3.24. The number of nitrogens with one attached hydrogen (secondary N) is 1. The molecule has 29 heavy (non-hydrogen) atoms. The lowest BCUT2D eigenvalue weighted by Crippen LogP contribution is -2.13. The summed E-state index contributed by atoms with van der Waals surface area (Å²) in [7, 11) is 0. The Labute approximate surface area is 166 Å². The Balaban J connectivity index is 1.84. The summed E-state index contributed by atoms with van der Waals surface area (Å²) >= 11 is 0. The number of hydrogen-bond acceptors (Lipinski definition) is 6. The molecule has 0 spiro atoms. The SMILES string of the molecule is Cc1ccc2ccc([C@@H](Nc3ccccn3)c3ccc([N+](=O)[O-])cc3)c(O)c2n1. The molecule has 2 N–H and O–H groups in total. The standard InChI is InChI=1S/C22H18N4O3/c1-14-5-6-16-9-12-18(22(27)21(16)24-14)20(25-19-4-2-3-13-23-19)15-7-10-17(11-8-15)26(28)29/h2-13,20,27H,1H3,(H,23,25)/t20-/m0/s1. The number of aromatic nitrogens is 2. The number of anilines is 1. The van der Waals surface area contributed by atoms with Crippen LogP contribution in [-0.2, 0) is 0 Å². The topological polar surface area (TPSA) is 101 Å². The maximum atomic E-state index is 11.0. The van der Waals surface area contributed by atoms with Crippen molar-refractivity contribution in [2.24, 2.45) is 0 Å². The molecule has 7 nitrogen and oxygen atoms in total. The predicted octanol–water partition coefficient (Wildman–Crippen LogP) is 4.75. The highest BCUT2D eigenvalue weighted by atomic mass is 16.6. The first-order valence-corrected chi connectivity index (χ1v) is 9.04. The van der Waals surface area contributed by atoms with Gasteiger partial charge in [-0.25, -0.2) is 9.97 Å². The van der Waals surface area contributed by atoms with Crippen LogP contribution in [0.1, 0.15) is 22.9 Å². The number of pyridine rings is 2. The Bertz CT molecular complexity index is 1180. The molecule has 0 amide bonds. The van der Waals surface area contributed by atoms with Gasteiger partial charge in [-0.05, 0) is 42.8 Å². The molecule has 2 aromatic carbocycles. The van der Waals surface area contributed by atoms with Crippen molar-refractivity contribution in [3.8, 4) is 5.75 Å². The van der Waals surface area contributed by atoms with Crippen molar-refractivity contribution in [3.63, 3.8) is 0 Å². The number of benzene rings is 2. The number of nitro groups is 1. The average molecular weight is 386 g/mol. The summed E-state index contributed by atoms with van der Waals surface area (Å²) in [6, 6.07) is 18.8. The van der Waals surface area contributed by atoms with Gasteiger partial charge in [0.2, 0.25) is 0 Å². The van der Waals surface area contributed by atoms with Crippen LogP contribution in [0.4, 0.5) is 11.5 Å². The molecule has 0 fully saturated rings. The van der Waals surface area contributed by atoms with Gasteiger partial charge in [0.1, 0.15) is 17.1 Å². The van der Waals surface area contributed by atoms with E-state index in [1.807, 2.05) is 49.4 Å². The number of phenols is 1. The molecule has 2 aromatic heterocycles. The second-order valence-electron chi connectivity index (χ2n) is 6.67. The van der Waals surface area contributed by atoms with E-state index in [0.29, 0.717) is 16.9 Å². The summed E-state index contributed by atoms with van der Waals surface area (Å²) in [6.45, 7) is 1.87. The summed E-state index contributed by atoms with van der Waals surface area (Å²) in [5.41, 5.74) is 2.68. The highest BCUT2D eigenvalue weighted by Crippen LogP contribution is 2.36. The van der Waals surface area contributed by atoms with Gasteiger partial charge in [0.15, 0.2) is 0 Å². The summed E-state index contributed by atoms with van der Waals surface area (Å²) in [5.74, 6) is 0.686. The molecule has 4 aromatic rings. The quantitative estimate of drug-likeness (QED) is 0.379. The lowest BCUT2D eigenvalue weighted by atomic mass is 9.96. The maximum absolute atomic E-state index is 11.0. The van der Waals surface area contributed by atoms with Crippen LogP contribution in [0, 0.1) is 17.0 Å². The smallest absolute Gasteiger partial charge is 0.269 e. The second kappa shape index (κ2) is 7.55. The van der Waals surface area contributed by atoms with Gasteiger partial charge in [0.25, 0.3) is 5.69 Å². The van der Waals surface area contributed by atoms with E-state index in [4.69, 9.17) is 0 Å². The zero-order valence-corrected chi connectivity index (χ0v) is 15.6. The van der Waals surface area contributed by atoms with Gasteiger partial charge in [-0.15, -0.1) is 0 Å². The molecule has 0 aliphatic rings. The summed E-state index contributed by atoms with van der Waals surface area (Å²) in [4.78, 5) is 19.3. The highest BCUT2D eigenvalue weighted by molar-refractivity contribution is 5.86. The molecule has 7 heteroatoms. The molecule has 0 bridgehead atoms. The van der Waals surface area contributed by atoms with Crippen molar-refractivity contribution in [1.82, 2.24) is 9.97 Å². The van der Waals surface area contributed by atoms with Crippen molar-refractivity contribution < 1.29 is 10.0 Å². The molecule has 144 valence electrons. The van der Waals surface area contributed by atoms with Gasteiger partial charge >= 0.3 is 0 Å². The molecular weight excluding hydrogens is 368 g/mol. The van der Waals surface area contributed by atoms with Crippen molar-refractivity contribution in [2.75, 3.05) is 5.32 Å². The van der Waals surface area contributed by atoms with Crippen LogP contribution in [0.25, 0.3) is 10.9 Å². The first kappa shape index (κ1) is 18.4. The van der Waals surface area contributed by atoms with E-state index >= 15 is 0 Å². The number of hydrogen-bond donors (Lipinski definition) is 2. The van der Waals surface area contributed by atoms with Gasteiger partial charge in [0.05, 0.1) is 11.0 Å². The molecule has 4 rings (SSSR count). The van der Waals surface area contributed by atoms with Gasteiger partial charge in [-0.1, -0.05) is 24.3 Å². The number of nitro benzene ring substituents is 1. The minimum Gasteiger partial charge on any atom is -0.505 e. The summed E-state index contributed by atoms with van der Waals surface area (Å²) in [5, 5.41) is 26.1. The number of rotatable bonds is 5. The second-order valence-corrected chi connectivity index (χ2v) is 6.67. The lowest BCUT2D eigenvalue weighted by Gasteiger charge is -2.22. The normalized spacial score (nSPS) is 11.9. The van der Waals surface area contributed by atoms with Crippen LogP contribution < -0.4 is 5.32 Å². The Morgan fingerprint density at radius 2 is 1.79 bits per heavy atom. The Morgan fingerprint density at radius 3 is 2.48 bits per heavy atom. The van der Waals surface area contributed by atoms with E-state index in [9.17, 15) is 15.2 Å². The molecule has 0 unspecified atom stereocenters. The fourth-order valence-electron chi connectivity index (χ4n) is 3.24. The molecule has 0 saturated heterocycles. The van der Waals surface area contributed by atoms with Crippen molar-refractivity contribution in [2.45, 2.75) is 13.0 Å². The largest absolute Gasteiger partial charge is 0.505 e. The fraction of sp³-hybridized carbons (Fsp3) is 0.0909. The number of non-ortho nitro benzene ring substituents is 1. The van der Waals surface area contributed by atoms with Crippen LogP contribution in [-0.4, -0.2) is 20.0 Å². The average Bonchev–Trinajstić information content (AvgIpc) is 2.74. The minimum atomic E-state index is -0.475. The maximum Gasteiger partial charge on any atom is 0.269 e. The molecule has 1 atom stereocenters. The number of fused-ring (bicyclic) bond motifs is 1. The third-order valence-corrected chi connectivity index (χ3v) is 4.71. The van der Waals surface area contributed by atoms with Crippen molar-refractivity contribution >= 4 is 22.4 Å². The monoisotopic (exact) mass is 386 g/mol. The highest BCUT2D eigenvalue weighted by Gasteiger charge is 2.21. The van der Waals surface area contributed by atoms with Gasteiger partial charge < -0.3 is 10.4 Å². The van der Waals surface area contributed by atoms with Crippen LogP contribution in [0.15, 0.2) is 72.9 Å². The number of aryl methyl sites for hydroxylation is 1. The van der Waals surface area contributed by atoms with Crippen molar-refractivity contribution in [1.29, 1.82) is 0 Å². The lowest BCUT2D eigenvalue weighted by molar-refractivity contribution is -0.384. The number of phenolic OH excluding ortho intramolecular Hbond substituents is 1. The predicted molar refractivity (Wildman–Crippen MR) is 111 cm³/mol. The van der Waals surface area contributed by atoms with E-state index < -0.39 is 11.0 Å². The van der Waals surface area contributed by atoms with Crippen LogP contribution >= 0.6 is 0 Å². The molecular formula is C22H18N4O3. The van der Waals surface area contributed by atoms with Gasteiger partial charge in [-0.2, -0.15) is 0 Å². The van der Waals surface area contributed by atoms with Gasteiger partial charge in [-0.3, -0.25) is 10.1 Å². The van der Waals surface area contributed by atoms with E-state index in [1.54, 1.807) is 18.3 Å². The Hall–Kier alpha value is -4.00. The Morgan fingerprint density at radius 1 is 1.03 bits per heavy atom. The molecule has 2 heterocycles. The van der Waals surface area contributed by atoms with E-state index in [1.165, 1.54) is 12.1 Å². The van der Waals surface area contributed by atoms with Crippen LogP contribution in [0.5, 0.6) is 5.75 Å². The number of nitrogens with zero attached hydrogens (tertiary/aromatic N) is 3. The van der Waals surface area contributed by atoms with E-state index in [2.05, 4.69) is 15.3 Å². The zero-order valence-electron chi connectivity index (χ0n) is 15.6. The first-order valence-electron chi connectivity index (χ1n) is 9.04.